The summed E-state index contributed by atoms with van der Waals surface area (Å²) in [5.41, 5.74) is 0. The van der Waals surface area contributed by atoms with E-state index in [0.717, 1.165) is 25.9 Å². The molecule has 5 nitrogen and oxygen atoms in total. The van der Waals surface area contributed by atoms with Crippen molar-refractivity contribution < 1.29 is 19.4 Å². The standard InChI is InChI=1S/C10H17NO4/c12-9(11-6-5-10(13)14)4-3-8-2-1-7-15-8/h8H,1-7H2,(H,11,12)(H,13,14). The van der Waals surface area contributed by atoms with Gasteiger partial charge in [-0.1, -0.05) is 0 Å². The highest BCUT2D eigenvalue weighted by molar-refractivity contribution is 5.76. The van der Waals surface area contributed by atoms with E-state index in [0.29, 0.717) is 6.42 Å². The number of hydrogen-bond donors (Lipinski definition) is 2. The molecule has 5 heteroatoms. The summed E-state index contributed by atoms with van der Waals surface area (Å²) in [6.07, 6.45) is 3.46. The fourth-order valence-corrected chi connectivity index (χ4v) is 1.56. The Morgan fingerprint density at radius 2 is 2.20 bits per heavy atom. The molecule has 1 amide bonds. The van der Waals surface area contributed by atoms with Crippen LogP contribution in [0.15, 0.2) is 0 Å². The number of ether oxygens (including phenoxy) is 1. The third kappa shape index (κ3) is 5.37. The second-order valence-corrected chi connectivity index (χ2v) is 3.67. The minimum Gasteiger partial charge on any atom is -0.481 e. The molecule has 1 fully saturated rings. The van der Waals surface area contributed by atoms with Crippen molar-refractivity contribution >= 4 is 11.9 Å². The Labute approximate surface area is 88.8 Å². The van der Waals surface area contributed by atoms with E-state index in [1.165, 1.54) is 0 Å². The lowest BCUT2D eigenvalue weighted by Gasteiger charge is -2.08. The first kappa shape index (κ1) is 12.0. The van der Waals surface area contributed by atoms with E-state index in [1.54, 1.807) is 0 Å². The second kappa shape index (κ2) is 6.40. The van der Waals surface area contributed by atoms with Gasteiger partial charge in [-0.3, -0.25) is 9.59 Å². The van der Waals surface area contributed by atoms with Crippen LogP contribution >= 0.6 is 0 Å². The molecule has 0 spiro atoms. The molecule has 86 valence electrons. The molecule has 1 unspecified atom stereocenters. The monoisotopic (exact) mass is 215 g/mol. The molecule has 0 radical (unpaired) electrons. The van der Waals surface area contributed by atoms with Gasteiger partial charge < -0.3 is 15.2 Å². The Morgan fingerprint density at radius 1 is 1.40 bits per heavy atom. The summed E-state index contributed by atoms with van der Waals surface area (Å²) in [5.74, 6) is -0.985. The largest absolute Gasteiger partial charge is 0.481 e. The van der Waals surface area contributed by atoms with Gasteiger partial charge in [-0.05, 0) is 19.3 Å². The summed E-state index contributed by atoms with van der Waals surface area (Å²) in [4.78, 5) is 21.4. The minimum absolute atomic E-state index is 0.0222. The Hall–Kier alpha value is -1.10. The zero-order valence-corrected chi connectivity index (χ0v) is 8.70. The summed E-state index contributed by atoms with van der Waals surface area (Å²) in [6, 6.07) is 0. The van der Waals surface area contributed by atoms with Crippen molar-refractivity contribution in [3.8, 4) is 0 Å². The van der Waals surface area contributed by atoms with Gasteiger partial charge in [0.15, 0.2) is 0 Å². The third-order valence-electron chi connectivity index (χ3n) is 2.38. The average Bonchev–Trinajstić information content (AvgIpc) is 2.66. The maximum atomic E-state index is 11.2. The lowest BCUT2D eigenvalue weighted by molar-refractivity contribution is -0.136. The van der Waals surface area contributed by atoms with Crippen molar-refractivity contribution in [3.05, 3.63) is 0 Å². The lowest BCUT2D eigenvalue weighted by atomic mass is 10.1. The molecule has 0 saturated carbocycles. The highest BCUT2D eigenvalue weighted by Crippen LogP contribution is 2.16. The number of hydrogen-bond acceptors (Lipinski definition) is 3. The Morgan fingerprint density at radius 3 is 2.80 bits per heavy atom. The number of amides is 1. The molecule has 1 atom stereocenters. The van der Waals surface area contributed by atoms with E-state index >= 15 is 0 Å². The molecular formula is C10H17NO4. The van der Waals surface area contributed by atoms with E-state index in [2.05, 4.69) is 5.32 Å². The maximum Gasteiger partial charge on any atom is 0.305 e. The number of nitrogens with one attached hydrogen (secondary N) is 1. The number of carbonyl (C=O) groups is 2. The molecule has 0 aliphatic carbocycles. The molecule has 1 aliphatic heterocycles. The topological polar surface area (TPSA) is 75.6 Å². The smallest absolute Gasteiger partial charge is 0.305 e. The molecule has 1 saturated heterocycles. The average molecular weight is 215 g/mol. The highest BCUT2D eigenvalue weighted by Gasteiger charge is 2.16. The number of carboxylic acids is 1. The van der Waals surface area contributed by atoms with Gasteiger partial charge in [0.2, 0.25) is 5.91 Å². The molecule has 1 heterocycles. The van der Waals surface area contributed by atoms with Crippen LogP contribution in [0.25, 0.3) is 0 Å². The van der Waals surface area contributed by atoms with Crippen molar-refractivity contribution in [2.75, 3.05) is 13.2 Å². The van der Waals surface area contributed by atoms with Crippen molar-refractivity contribution in [3.63, 3.8) is 0 Å². The van der Waals surface area contributed by atoms with Gasteiger partial charge in [-0.2, -0.15) is 0 Å². The lowest BCUT2D eigenvalue weighted by Crippen LogP contribution is -2.26. The molecule has 2 N–H and O–H groups in total. The van der Waals surface area contributed by atoms with Crippen LogP contribution in [0.4, 0.5) is 0 Å². The van der Waals surface area contributed by atoms with Gasteiger partial charge in [0.05, 0.1) is 12.5 Å². The molecule has 0 bridgehead atoms. The van der Waals surface area contributed by atoms with Crippen molar-refractivity contribution in [1.29, 1.82) is 0 Å². The molecule has 0 aromatic carbocycles. The number of carboxylic acid groups (broad SMARTS) is 1. The first-order valence-corrected chi connectivity index (χ1v) is 5.28. The van der Waals surface area contributed by atoms with E-state index in [4.69, 9.17) is 9.84 Å². The van der Waals surface area contributed by atoms with E-state index in [1.807, 2.05) is 0 Å². The van der Waals surface area contributed by atoms with E-state index in [9.17, 15) is 9.59 Å². The van der Waals surface area contributed by atoms with Crippen LogP contribution in [-0.4, -0.2) is 36.2 Å². The zero-order chi connectivity index (χ0) is 11.1. The van der Waals surface area contributed by atoms with Crippen LogP contribution in [-0.2, 0) is 14.3 Å². The summed E-state index contributed by atoms with van der Waals surface area (Å²) in [6.45, 7) is 1.00. The van der Waals surface area contributed by atoms with Crippen LogP contribution in [0.5, 0.6) is 0 Å². The number of rotatable bonds is 6. The predicted molar refractivity (Wildman–Crippen MR) is 53.5 cm³/mol. The molecule has 0 aromatic rings. The van der Waals surface area contributed by atoms with Crippen LogP contribution < -0.4 is 5.32 Å². The van der Waals surface area contributed by atoms with Crippen LogP contribution in [0, 0.1) is 0 Å². The minimum atomic E-state index is -0.894. The molecule has 1 rings (SSSR count). The van der Waals surface area contributed by atoms with Gasteiger partial charge >= 0.3 is 5.97 Å². The van der Waals surface area contributed by atoms with Crippen LogP contribution in [0.3, 0.4) is 0 Å². The zero-order valence-electron chi connectivity index (χ0n) is 8.70. The van der Waals surface area contributed by atoms with Crippen molar-refractivity contribution in [2.45, 2.75) is 38.2 Å². The van der Waals surface area contributed by atoms with E-state index < -0.39 is 5.97 Å². The van der Waals surface area contributed by atoms with Gasteiger partial charge in [-0.25, -0.2) is 0 Å². The quantitative estimate of drug-likeness (QED) is 0.678. The fraction of sp³-hybridized carbons (Fsp3) is 0.800. The first-order valence-electron chi connectivity index (χ1n) is 5.28. The summed E-state index contributed by atoms with van der Waals surface area (Å²) in [7, 11) is 0. The molecule has 15 heavy (non-hydrogen) atoms. The molecular weight excluding hydrogens is 198 g/mol. The normalized spacial score (nSPS) is 20.1. The number of carbonyl (C=O) groups excluding carboxylic acids is 1. The fourth-order valence-electron chi connectivity index (χ4n) is 1.56. The first-order chi connectivity index (χ1) is 7.18. The van der Waals surface area contributed by atoms with Crippen LogP contribution in [0.2, 0.25) is 0 Å². The molecule has 1 aliphatic rings. The van der Waals surface area contributed by atoms with E-state index in [-0.39, 0.29) is 25.0 Å². The van der Waals surface area contributed by atoms with Crippen molar-refractivity contribution in [2.24, 2.45) is 0 Å². The molecule has 0 aromatic heterocycles. The predicted octanol–water partition coefficient (Wildman–Crippen LogP) is 0.536. The Bertz CT molecular complexity index is 223. The third-order valence-corrected chi connectivity index (χ3v) is 2.38. The number of aliphatic carboxylic acids is 1. The summed E-state index contributed by atoms with van der Waals surface area (Å²) < 4.78 is 5.37. The highest BCUT2D eigenvalue weighted by atomic mass is 16.5. The van der Waals surface area contributed by atoms with Crippen LogP contribution in [0.1, 0.15) is 32.1 Å². The van der Waals surface area contributed by atoms with Gasteiger partial charge in [-0.15, -0.1) is 0 Å². The summed E-state index contributed by atoms with van der Waals surface area (Å²) >= 11 is 0. The Balaban J connectivity index is 2.00. The van der Waals surface area contributed by atoms with Gasteiger partial charge in [0.1, 0.15) is 0 Å². The second-order valence-electron chi connectivity index (χ2n) is 3.67. The Kier molecular flexibility index (Phi) is 5.10. The van der Waals surface area contributed by atoms with Crippen molar-refractivity contribution in [1.82, 2.24) is 5.32 Å². The van der Waals surface area contributed by atoms with Gasteiger partial charge in [0.25, 0.3) is 0 Å². The van der Waals surface area contributed by atoms with Gasteiger partial charge in [0, 0.05) is 19.6 Å². The SMILES string of the molecule is O=C(O)CCNC(=O)CCC1CCCO1. The summed E-state index contributed by atoms with van der Waals surface area (Å²) in [5, 5.41) is 10.9. The maximum absolute atomic E-state index is 11.2.